The molecule has 36 heavy (non-hydrogen) atoms. The van der Waals surface area contributed by atoms with Gasteiger partial charge < -0.3 is 24.8 Å². The van der Waals surface area contributed by atoms with Crippen molar-refractivity contribution in [1.29, 1.82) is 0 Å². The molecule has 1 aromatic heterocycles. The molecule has 2 aliphatic heterocycles. The fraction of sp³-hybridized carbons (Fsp3) is 0.500. The maximum Gasteiger partial charge on any atom is 0.156 e. The number of nitrogens with one attached hydrogen (secondary N) is 1. The van der Waals surface area contributed by atoms with Crippen LogP contribution in [0.3, 0.4) is 0 Å². The van der Waals surface area contributed by atoms with Crippen LogP contribution in [0.2, 0.25) is 0 Å². The lowest BCUT2D eigenvalue weighted by atomic mass is 10.0. The van der Waals surface area contributed by atoms with Crippen LogP contribution in [0.4, 0.5) is 11.5 Å². The zero-order valence-corrected chi connectivity index (χ0v) is 21.3. The Morgan fingerprint density at radius 3 is 2.36 bits per heavy atom. The fourth-order valence-corrected chi connectivity index (χ4v) is 5.29. The lowest BCUT2D eigenvalue weighted by Crippen LogP contribution is -2.39. The van der Waals surface area contributed by atoms with Crippen molar-refractivity contribution in [2.24, 2.45) is 0 Å². The number of benzene rings is 2. The summed E-state index contributed by atoms with van der Waals surface area (Å²) >= 11 is 0. The Morgan fingerprint density at radius 2 is 1.67 bits per heavy atom. The van der Waals surface area contributed by atoms with Crippen molar-refractivity contribution in [2.45, 2.75) is 51.0 Å². The molecule has 192 valence electrons. The van der Waals surface area contributed by atoms with Crippen LogP contribution in [-0.4, -0.2) is 72.7 Å². The van der Waals surface area contributed by atoms with Crippen LogP contribution < -0.4 is 15.0 Å². The highest BCUT2D eigenvalue weighted by Crippen LogP contribution is 2.29. The Labute approximate surface area is 213 Å². The van der Waals surface area contributed by atoms with Gasteiger partial charge in [0.1, 0.15) is 5.75 Å². The van der Waals surface area contributed by atoms with E-state index >= 15 is 0 Å². The zero-order valence-electron chi connectivity index (χ0n) is 21.3. The third-order valence-electron chi connectivity index (χ3n) is 7.45. The number of aromatic nitrogens is 2. The molecule has 2 fully saturated rings. The van der Waals surface area contributed by atoms with Crippen molar-refractivity contribution in [1.82, 2.24) is 15.1 Å². The summed E-state index contributed by atoms with van der Waals surface area (Å²) in [7, 11) is 3.35. The number of piperidine rings is 2. The molecule has 5 rings (SSSR count). The monoisotopic (exact) mass is 491 g/mol. The smallest absolute Gasteiger partial charge is 0.156 e. The molecule has 8 heteroatoms. The van der Waals surface area contributed by atoms with Crippen LogP contribution in [0.1, 0.15) is 36.9 Å². The molecular formula is C28H37N5O3. The predicted molar refractivity (Wildman–Crippen MR) is 143 cm³/mol. The van der Waals surface area contributed by atoms with Gasteiger partial charge >= 0.3 is 0 Å². The second kappa shape index (κ2) is 11.4. The average Bonchev–Trinajstić information content (AvgIpc) is 2.92. The number of fused-ring (bicyclic) bond motifs is 1. The largest absolute Gasteiger partial charge is 0.497 e. The molecule has 0 spiro atoms. The first-order valence-electron chi connectivity index (χ1n) is 13.0. The van der Waals surface area contributed by atoms with Crippen molar-refractivity contribution in [3.8, 4) is 5.75 Å². The molecule has 0 unspecified atom stereocenters. The van der Waals surface area contributed by atoms with E-state index in [1.807, 2.05) is 18.2 Å². The Morgan fingerprint density at radius 1 is 0.917 bits per heavy atom. The maximum atomic E-state index is 9.75. The Hall–Kier alpha value is -2.94. The van der Waals surface area contributed by atoms with Gasteiger partial charge in [-0.3, -0.25) is 4.90 Å². The summed E-state index contributed by atoms with van der Waals surface area (Å²) in [6, 6.07) is 15.3. The number of anilines is 2. The molecule has 0 aliphatic carbocycles. The average molecular weight is 492 g/mol. The minimum absolute atomic E-state index is 0.137. The van der Waals surface area contributed by atoms with Crippen molar-refractivity contribution in [3.05, 3.63) is 53.7 Å². The van der Waals surface area contributed by atoms with Crippen LogP contribution in [0.25, 0.3) is 10.8 Å². The number of rotatable bonds is 8. The van der Waals surface area contributed by atoms with Gasteiger partial charge in [0.2, 0.25) is 0 Å². The first-order valence-corrected chi connectivity index (χ1v) is 13.0. The molecule has 0 amide bonds. The van der Waals surface area contributed by atoms with Crippen molar-refractivity contribution in [3.63, 3.8) is 0 Å². The summed E-state index contributed by atoms with van der Waals surface area (Å²) in [5, 5.41) is 24.4. The quantitative estimate of drug-likeness (QED) is 0.492. The normalized spacial score (nSPS) is 18.0. The zero-order chi connectivity index (χ0) is 24.9. The van der Waals surface area contributed by atoms with Crippen molar-refractivity contribution in [2.75, 3.05) is 50.6 Å². The molecule has 2 aromatic carbocycles. The fourth-order valence-electron chi connectivity index (χ4n) is 5.29. The summed E-state index contributed by atoms with van der Waals surface area (Å²) < 4.78 is 10.8. The van der Waals surface area contributed by atoms with Gasteiger partial charge in [0, 0.05) is 62.3 Å². The number of aliphatic hydroxyl groups excluding tert-OH is 1. The van der Waals surface area contributed by atoms with E-state index in [1.165, 1.54) is 11.3 Å². The van der Waals surface area contributed by atoms with Gasteiger partial charge in [-0.1, -0.05) is 12.1 Å². The molecule has 2 saturated heterocycles. The number of aliphatic hydroxyl groups is 1. The molecule has 2 N–H and O–H groups in total. The molecule has 3 heterocycles. The molecule has 2 aliphatic rings. The lowest BCUT2D eigenvalue weighted by molar-refractivity contribution is 0.145. The number of nitrogens with zero attached hydrogens (tertiary/aromatic N) is 4. The Kier molecular flexibility index (Phi) is 7.84. The first kappa shape index (κ1) is 24.7. The van der Waals surface area contributed by atoms with E-state index in [0.29, 0.717) is 12.6 Å². The molecule has 3 aromatic rings. The van der Waals surface area contributed by atoms with Gasteiger partial charge in [0.25, 0.3) is 0 Å². The first-order chi connectivity index (χ1) is 17.6. The van der Waals surface area contributed by atoms with E-state index in [-0.39, 0.29) is 6.10 Å². The topological polar surface area (TPSA) is 83.0 Å². The van der Waals surface area contributed by atoms with Crippen LogP contribution in [0, 0.1) is 0 Å². The lowest BCUT2D eigenvalue weighted by Gasteiger charge is -2.33. The van der Waals surface area contributed by atoms with Gasteiger partial charge in [-0.25, -0.2) is 0 Å². The number of methoxy groups -OCH3 is 2. The molecule has 8 nitrogen and oxygen atoms in total. The highest BCUT2D eigenvalue weighted by atomic mass is 16.5. The summed E-state index contributed by atoms with van der Waals surface area (Å²) in [5.41, 5.74) is 3.44. The third-order valence-corrected chi connectivity index (χ3v) is 7.45. The van der Waals surface area contributed by atoms with E-state index in [1.54, 1.807) is 14.2 Å². The molecule has 0 saturated carbocycles. The Bertz CT molecular complexity index is 1140. The van der Waals surface area contributed by atoms with E-state index in [4.69, 9.17) is 9.47 Å². The second-order valence-corrected chi connectivity index (χ2v) is 9.92. The van der Waals surface area contributed by atoms with E-state index in [9.17, 15) is 5.11 Å². The summed E-state index contributed by atoms with van der Waals surface area (Å²) in [6.07, 6.45) is 3.69. The number of likely N-dealkylation sites (tertiary alicyclic amines) is 1. The number of ether oxygens (including phenoxy) is 2. The minimum atomic E-state index is -0.137. The van der Waals surface area contributed by atoms with E-state index in [0.717, 1.165) is 86.4 Å². The minimum Gasteiger partial charge on any atom is -0.497 e. The molecular weight excluding hydrogens is 454 g/mol. The highest BCUT2D eigenvalue weighted by molar-refractivity contribution is 5.94. The molecule has 0 atom stereocenters. The standard InChI is InChI=1S/C28H37N5O3/c1-35-19-27-25-8-7-24(36-2)17-26(25)28(31-30-27)29-21-9-13-32(14-10-21)18-20-3-5-22(6-4-20)33-15-11-23(34)12-16-33/h3-8,17,21,23,34H,9-16,18-19H2,1-2H3,(H,29,31). The van der Waals surface area contributed by atoms with Gasteiger partial charge in [-0.05, 0) is 61.6 Å². The molecule has 0 radical (unpaired) electrons. The van der Waals surface area contributed by atoms with Crippen LogP contribution >= 0.6 is 0 Å². The maximum absolute atomic E-state index is 9.75. The SMILES string of the molecule is COCc1nnc(NC2CCN(Cc3ccc(N4CCC(O)CC4)cc3)CC2)c2cc(OC)ccc12. The van der Waals surface area contributed by atoms with Gasteiger partial charge in [0.15, 0.2) is 5.82 Å². The van der Waals surface area contributed by atoms with Gasteiger partial charge in [0.05, 0.1) is 25.5 Å². The van der Waals surface area contributed by atoms with Crippen molar-refractivity contribution >= 4 is 22.3 Å². The third kappa shape index (κ3) is 5.72. The van der Waals surface area contributed by atoms with E-state index in [2.05, 4.69) is 49.6 Å². The summed E-state index contributed by atoms with van der Waals surface area (Å²) in [6.45, 7) is 5.35. The number of hydrogen-bond acceptors (Lipinski definition) is 8. The predicted octanol–water partition coefficient (Wildman–Crippen LogP) is 3.82. The summed E-state index contributed by atoms with van der Waals surface area (Å²) in [4.78, 5) is 4.90. The Balaban J connectivity index is 1.18. The van der Waals surface area contributed by atoms with Crippen LogP contribution in [-0.2, 0) is 17.9 Å². The van der Waals surface area contributed by atoms with Gasteiger partial charge in [-0.2, -0.15) is 5.10 Å². The summed E-state index contributed by atoms with van der Waals surface area (Å²) in [5.74, 6) is 1.61. The van der Waals surface area contributed by atoms with E-state index < -0.39 is 0 Å². The highest BCUT2D eigenvalue weighted by Gasteiger charge is 2.22. The number of hydrogen-bond donors (Lipinski definition) is 2. The molecule has 0 bridgehead atoms. The second-order valence-electron chi connectivity index (χ2n) is 9.92. The van der Waals surface area contributed by atoms with Crippen LogP contribution in [0.15, 0.2) is 42.5 Å². The van der Waals surface area contributed by atoms with Crippen LogP contribution in [0.5, 0.6) is 5.75 Å². The van der Waals surface area contributed by atoms with Gasteiger partial charge in [-0.15, -0.1) is 5.10 Å². The van der Waals surface area contributed by atoms with Crippen molar-refractivity contribution < 1.29 is 14.6 Å².